The van der Waals surface area contributed by atoms with Crippen LogP contribution >= 0.6 is 11.6 Å². The Bertz CT molecular complexity index is 960. The van der Waals surface area contributed by atoms with Crippen molar-refractivity contribution < 1.29 is 28.6 Å². The van der Waals surface area contributed by atoms with Crippen LogP contribution in [-0.2, 0) is 14.3 Å². The number of carbonyl (C=O) groups excluding carboxylic acids is 3. The first-order valence-corrected chi connectivity index (χ1v) is 8.99. The molecule has 2 N–H and O–H groups in total. The van der Waals surface area contributed by atoms with Crippen molar-refractivity contribution in [3.05, 3.63) is 59.1 Å². The number of halogens is 1. The number of nitrogens with one attached hydrogen (secondary N) is 2. The van der Waals surface area contributed by atoms with Crippen molar-refractivity contribution in [2.24, 2.45) is 0 Å². The highest BCUT2D eigenvalue weighted by Gasteiger charge is 2.14. The lowest BCUT2D eigenvalue weighted by atomic mass is 10.2. The van der Waals surface area contributed by atoms with Crippen molar-refractivity contribution in [1.82, 2.24) is 5.32 Å². The molecule has 1 heterocycles. The molecule has 0 aliphatic carbocycles. The Balaban J connectivity index is 1.43. The van der Waals surface area contributed by atoms with E-state index in [-0.39, 0.29) is 0 Å². The number of anilines is 1. The second-order valence-corrected chi connectivity index (χ2v) is 6.23. The van der Waals surface area contributed by atoms with Gasteiger partial charge in [0.25, 0.3) is 5.91 Å². The number of carbonyl (C=O) groups is 3. The van der Waals surface area contributed by atoms with Crippen LogP contribution in [0.25, 0.3) is 6.08 Å². The zero-order chi connectivity index (χ0) is 20.6. The normalized spacial score (nSPS) is 12.3. The summed E-state index contributed by atoms with van der Waals surface area (Å²) < 4.78 is 15.6. The maximum atomic E-state index is 11.9. The van der Waals surface area contributed by atoms with E-state index in [4.69, 9.17) is 25.8 Å². The summed E-state index contributed by atoms with van der Waals surface area (Å²) in [5, 5.41) is 5.03. The molecule has 0 saturated carbocycles. The Labute approximate surface area is 171 Å². The first kappa shape index (κ1) is 20.2. The van der Waals surface area contributed by atoms with Gasteiger partial charge in [0.2, 0.25) is 0 Å². The van der Waals surface area contributed by atoms with E-state index in [0.717, 1.165) is 6.08 Å². The van der Waals surface area contributed by atoms with E-state index in [9.17, 15) is 14.4 Å². The summed E-state index contributed by atoms with van der Waals surface area (Å²) in [6, 6.07) is 11.0. The Morgan fingerprint density at radius 2 is 1.83 bits per heavy atom. The number of urea groups is 1. The second kappa shape index (κ2) is 9.61. The summed E-state index contributed by atoms with van der Waals surface area (Å²) in [5.41, 5.74) is 1.05. The standard InChI is InChI=1S/C20H17ClN2O6/c21-15-4-2-1-3-13(15)5-8-19(25)29-12-18(24)23-20(26)22-14-6-7-16-17(11-14)28-10-9-27-16/h1-8,11H,9-10,12H2,(H2,22,23,24,26)/b8-5+. The summed E-state index contributed by atoms with van der Waals surface area (Å²) in [6.07, 6.45) is 2.61. The van der Waals surface area contributed by atoms with Crippen LogP contribution in [0, 0.1) is 0 Å². The lowest BCUT2D eigenvalue weighted by Gasteiger charge is -2.19. The van der Waals surface area contributed by atoms with Crippen LogP contribution < -0.4 is 20.1 Å². The van der Waals surface area contributed by atoms with Crippen molar-refractivity contribution >= 4 is 41.3 Å². The fourth-order valence-electron chi connectivity index (χ4n) is 2.40. The molecule has 0 radical (unpaired) electrons. The van der Waals surface area contributed by atoms with Crippen LogP contribution in [0.2, 0.25) is 5.02 Å². The van der Waals surface area contributed by atoms with E-state index in [0.29, 0.717) is 41.0 Å². The molecule has 3 rings (SSSR count). The van der Waals surface area contributed by atoms with E-state index in [1.807, 2.05) is 0 Å². The molecular formula is C20H17ClN2O6. The van der Waals surface area contributed by atoms with E-state index in [2.05, 4.69) is 10.6 Å². The summed E-state index contributed by atoms with van der Waals surface area (Å²) in [4.78, 5) is 35.4. The molecule has 0 bridgehead atoms. The maximum absolute atomic E-state index is 11.9. The molecule has 29 heavy (non-hydrogen) atoms. The fraction of sp³-hybridized carbons (Fsp3) is 0.150. The van der Waals surface area contributed by atoms with Crippen LogP contribution in [0.15, 0.2) is 48.5 Å². The van der Waals surface area contributed by atoms with Gasteiger partial charge in [0.15, 0.2) is 18.1 Å². The monoisotopic (exact) mass is 416 g/mol. The van der Waals surface area contributed by atoms with Crippen molar-refractivity contribution in [1.29, 1.82) is 0 Å². The van der Waals surface area contributed by atoms with E-state index in [1.54, 1.807) is 42.5 Å². The minimum absolute atomic E-state index is 0.414. The number of amides is 3. The van der Waals surface area contributed by atoms with Crippen molar-refractivity contribution in [2.75, 3.05) is 25.1 Å². The Hall–Kier alpha value is -3.52. The number of hydrogen-bond acceptors (Lipinski definition) is 6. The molecule has 0 unspecified atom stereocenters. The molecule has 0 saturated heterocycles. The number of imide groups is 1. The molecule has 1 aliphatic heterocycles. The van der Waals surface area contributed by atoms with E-state index >= 15 is 0 Å². The Morgan fingerprint density at radius 3 is 2.62 bits per heavy atom. The average molecular weight is 417 g/mol. The zero-order valence-corrected chi connectivity index (χ0v) is 15.9. The first-order chi connectivity index (χ1) is 14.0. The minimum atomic E-state index is -0.778. The molecule has 0 spiro atoms. The fourth-order valence-corrected chi connectivity index (χ4v) is 2.60. The number of ether oxygens (including phenoxy) is 3. The zero-order valence-electron chi connectivity index (χ0n) is 15.1. The number of fused-ring (bicyclic) bond motifs is 1. The van der Waals surface area contributed by atoms with Crippen molar-refractivity contribution in [2.45, 2.75) is 0 Å². The summed E-state index contributed by atoms with van der Waals surface area (Å²) in [5.74, 6) is -0.443. The van der Waals surface area contributed by atoms with Gasteiger partial charge in [0, 0.05) is 22.9 Å². The molecule has 150 valence electrons. The molecule has 0 fully saturated rings. The highest BCUT2D eigenvalue weighted by atomic mass is 35.5. The Morgan fingerprint density at radius 1 is 1.07 bits per heavy atom. The molecule has 2 aromatic rings. The quantitative estimate of drug-likeness (QED) is 0.573. The number of esters is 1. The highest BCUT2D eigenvalue weighted by Crippen LogP contribution is 2.32. The Kier molecular flexibility index (Phi) is 6.70. The van der Waals surface area contributed by atoms with E-state index < -0.39 is 24.5 Å². The van der Waals surface area contributed by atoms with Gasteiger partial charge in [-0.15, -0.1) is 0 Å². The number of benzene rings is 2. The minimum Gasteiger partial charge on any atom is -0.486 e. The third-order valence-corrected chi connectivity index (χ3v) is 4.05. The van der Waals surface area contributed by atoms with Crippen molar-refractivity contribution in [3.63, 3.8) is 0 Å². The lowest BCUT2D eigenvalue weighted by molar-refractivity contribution is -0.143. The summed E-state index contributed by atoms with van der Waals surface area (Å²) in [6.45, 7) is 0.263. The predicted molar refractivity (Wildman–Crippen MR) is 106 cm³/mol. The van der Waals surface area contributed by atoms with Gasteiger partial charge in [-0.1, -0.05) is 29.8 Å². The van der Waals surface area contributed by atoms with Gasteiger partial charge in [-0.05, 0) is 29.8 Å². The summed E-state index contributed by atoms with van der Waals surface area (Å²) >= 11 is 5.97. The smallest absolute Gasteiger partial charge is 0.331 e. The molecular weight excluding hydrogens is 400 g/mol. The molecule has 9 heteroatoms. The molecule has 0 atom stereocenters. The third kappa shape index (κ3) is 5.98. The van der Waals surface area contributed by atoms with Crippen LogP contribution in [0.5, 0.6) is 11.5 Å². The highest BCUT2D eigenvalue weighted by molar-refractivity contribution is 6.32. The lowest BCUT2D eigenvalue weighted by Crippen LogP contribution is -2.37. The SMILES string of the molecule is O=C(COC(=O)/C=C/c1ccccc1Cl)NC(=O)Nc1ccc2c(c1)OCCO2. The van der Waals surface area contributed by atoms with Crippen LogP contribution in [0.3, 0.4) is 0 Å². The number of rotatable bonds is 5. The topological polar surface area (TPSA) is 103 Å². The van der Waals surface area contributed by atoms with Gasteiger partial charge >= 0.3 is 12.0 Å². The van der Waals surface area contributed by atoms with Crippen LogP contribution in [-0.4, -0.2) is 37.7 Å². The largest absolute Gasteiger partial charge is 0.486 e. The first-order valence-electron chi connectivity index (χ1n) is 8.61. The van der Waals surface area contributed by atoms with E-state index in [1.165, 1.54) is 6.08 Å². The third-order valence-electron chi connectivity index (χ3n) is 3.70. The molecule has 0 aromatic heterocycles. The molecule has 2 aromatic carbocycles. The van der Waals surface area contributed by atoms with Gasteiger partial charge in [-0.25, -0.2) is 9.59 Å². The molecule has 3 amide bonds. The van der Waals surface area contributed by atoms with Gasteiger partial charge in [-0.2, -0.15) is 0 Å². The molecule has 1 aliphatic rings. The number of hydrogen-bond donors (Lipinski definition) is 2. The van der Waals surface area contributed by atoms with Gasteiger partial charge in [0.05, 0.1) is 0 Å². The van der Waals surface area contributed by atoms with Gasteiger partial charge in [0.1, 0.15) is 13.2 Å². The van der Waals surface area contributed by atoms with Crippen LogP contribution in [0.1, 0.15) is 5.56 Å². The summed E-state index contributed by atoms with van der Waals surface area (Å²) in [7, 11) is 0. The second-order valence-electron chi connectivity index (χ2n) is 5.82. The predicted octanol–water partition coefficient (Wildman–Crippen LogP) is 3.02. The van der Waals surface area contributed by atoms with Crippen LogP contribution in [0.4, 0.5) is 10.5 Å². The average Bonchev–Trinajstić information content (AvgIpc) is 2.71. The van der Waals surface area contributed by atoms with Gasteiger partial charge in [-0.3, -0.25) is 10.1 Å². The van der Waals surface area contributed by atoms with Crippen molar-refractivity contribution in [3.8, 4) is 11.5 Å². The molecule has 8 nitrogen and oxygen atoms in total. The van der Waals surface area contributed by atoms with Gasteiger partial charge < -0.3 is 19.5 Å². The maximum Gasteiger partial charge on any atom is 0.331 e.